The molecule has 1 fully saturated rings. The maximum Gasteiger partial charge on any atom is 0.0945 e. The molecule has 2 heteroatoms. The Morgan fingerprint density at radius 3 is 2.88 bits per heavy atom. The summed E-state index contributed by atoms with van der Waals surface area (Å²) in [6.07, 6.45) is 3.78. The molecule has 0 bridgehead atoms. The molecule has 2 nitrogen and oxygen atoms in total. The molecule has 1 heterocycles. The van der Waals surface area contributed by atoms with Crippen molar-refractivity contribution in [3.05, 3.63) is 48.6 Å². The Bertz CT molecular complexity index is 336. The van der Waals surface area contributed by atoms with E-state index in [1.54, 1.807) is 0 Å². The van der Waals surface area contributed by atoms with Crippen LogP contribution in [0.4, 0.5) is 0 Å². The third-order valence-electron chi connectivity index (χ3n) is 3.28. The molecular formula is C14H19NO. The second-order valence-electron chi connectivity index (χ2n) is 4.35. The second-order valence-corrected chi connectivity index (χ2v) is 4.35. The van der Waals surface area contributed by atoms with Crippen LogP contribution in [-0.2, 0) is 0 Å². The smallest absolute Gasteiger partial charge is 0.0945 e. The van der Waals surface area contributed by atoms with Crippen molar-refractivity contribution in [2.45, 2.75) is 25.0 Å². The molecule has 1 aliphatic rings. The van der Waals surface area contributed by atoms with Gasteiger partial charge in [-0.05, 0) is 24.9 Å². The Hall–Kier alpha value is -1.12. The molecule has 1 aromatic carbocycles. The molecule has 0 radical (unpaired) electrons. The van der Waals surface area contributed by atoms with Gasteiger partial charge in [0.15, 0.2) is 0 Å². The van der Waals surface area contributed by atoms with Crippen LogP contribution in [0.1, 0.15) is 24.5 Å². The number of rotatable bonds is 4. The molecule has 16 heavy (non-hydrogen) atoms. The van der Waals surface area contributed by atoms with E-state index in [4.69, 9.17) is 0 Å². The summed E-state index contributed by atoms with van der Waals surface area (Å²) < 4.78 is 0. The first kappa shape index (κ1) is 11.4. The van der Waals surface area contributed by atoms with Crippen LogP contribution in [0.15, 0.2) is 43.0 Å². The van der Waals surface area contributed by atoms with Gasteiger partial charge in [-0.1, -0.05) is 36.4 Å². The van der Waals surface area contributed by atoms with Crippen molar-refractivity contribution in [1.82, 2.24) is 4.90 Å². The van der Waals surface area contributed by atoms with Crippen molar-refractivity contribution in [3.8, 4) is 0 Å². The summed E-state index contributed by atoms with van der Waals surface area (Å²) in [6, 6.07) is 10.2. The van der Waals surface area contributed by atoms with Crippen molar-refractivity contribution in [2.75, 3.05) is 13.1 Å². The van der Waals surface area contributed by atoms with Gasteiger partial charge in [0.1, 0.15) is 0 Å². The van der Waals surface area contributed by atoms with E-state index in [0.29, 0.717) is 0 Å². The van der Waals surface area contributed by atoms with Crippen LogP contribution >= 0.6 is 0 Å². The third kappa shape index (κ3) is 2.34. The summed E-state index contributed by atoms with van der Waals surface area (Å²) in [4.78, 5) is 2.31. The van der Waals surface area contributed by atoms with Gasteiger partial charge in [0, 0.05) is 12.6 Å². The fraction of sp³-hybridized carbons (Fsp3) is 0.429. The lowest BCUT2D eigenvalue weighted by molar-refractivity contribution is 0.0786. The maximum atomic E-state index is 10.3. The monoisotopic (exact) mass is 217 g/mol. The summed E-state index contributed by atoms with van der Waals surface area (Å²) in [5.74, 6) is 0. The zero-order chi connectivity index (χ0) is 11.4. The zero-order valence-electron chi connectivity index (χ0n) is 9.55. The van der Waals surface area contributed by atoms with Gasteiger partial charge in [0.2, 0.25) is 0 Å². The number of likely N-dealkylation sites (tertiary alicyclic amines) is 1. The largest absolute Gasteiger partial charge is 0.387 e. The Morgan fingerprint density at radius 2 is 2.19 bits per heavy atom. The molecule has 1 aromatic rings. The molecule has 0 amide bonds. The molecule has 1 N–H and O–H groups in total. The van der Waals surface area contributed by atoms with E-state index in [2.05, 4.69) is 11.5 Å². The summed E-state index contributed by atoms with van der Waals surface area (Å²) in [5.41, 5.74) is 1.02. The summed E-state index contributed by atoms with van der Waals surface area (Å²) in [5, 5.41) is 10.3. The average Bonchev–Trinajstić information content (AvgIpc) is 2.78. The van der Waals surface area contributed by atoms with E-state index < -0.39 is 0 Å². The fourth-order valence-corrected chi connectivity index (χ4v) is 2.47. The SMILES string of the molecule is C=CCN1CCC[C@@H]1[C@H](O)c1ccccc1. The Morgan fingerprint density at radius 1 is 1.44 bits per heavy atom. The molecule has 0 spiro atoms. The van der Waals surface area contributed by atoms with Gasteiger partial charge >= 0.3 is 0 Å². The summed E-state index contributed by atoms with van der Waals surface area (Å²) in [7, 11) is 0. The molecule has 0 saturated carbocycles. The number of nitrogens with zero attached hydrogens (tertiary/aromatic N) is 1. The van der Waals surface area contributed by atoms with Crippen LogP contribution in [-0.4, -0.2) is 29.1 Å². The van der Waals surface area contributed by atoms with Crippen LogP contribution in [0.5, 0.6) is 0 Å². The molecular weight excluding hydrogens is 198 g/mol. The van der Waals surface area contributed by atoms with Gasteiger partial charge in [0.25, 0.3) is 0 Å². The third-order valence-corrected chi connectivity index (χ3v) is 3.28. The number of hydrogen-bond donors (Lipinski definition) is 1. The van der Waals surface area contributed by atoms with E-state index in [1.165, 1.54) is 6.42 Å². The van der Waals surface area contributed by atoms with Gasteiger partial charge in [-0.15, -0.1) is 6.58 Å². The predicted molar refractivity (Wildman–Crippen MR) is 66.2 cm³/mol. The van der Waals surface area contributed by atoms with E-state index in [0.717, 1.165) is 25.1 Å². The molecule has 2 rings (SSSR count). The molecule has 0 aliphatic carbocycles. The first-order valence-electron chi connectivity index (χ1n) is 5.91. The van der Waals surface area contributed by atoms with Gasteiger partial charge in [-0.25, -0.2) is 0 Å². The van der Waals surface area contributed by atoms with Crippen LogP contribution < -0.4 is 0 Å². The first-order valence-corrected chi connectivity index (χ1v) is 5.91. The minimum Gasteiger partial charge on any atom is -0.387 e. The molecule has 1 saturated heterocycles. The molecule has 0 unspecified atom stereocenters. The molecule has 86 valence electrons. The van der Waals surface area contributed by atoms with Crippen LogP contribution in [0.2, 0.25) is 0 Å². The van der Waals surface area contributed by atoms with E-state index in [-0.39, 0.29) is 12.1 Å². The Kier molecular flexibility index (Phi) is 3.75. The number of aliphatic hydroxyl groups excluding tert-OH is 1. The van der Waals surface area contributed by atoms with Crippen LogP contribution in [0.25, 0.3) is 0 Å². The minimum absolute atomic E-state index is 0.250. The van der Waals surface area contributed by atoms with E-state index >= 15 is 0 Å². The quantitative estimate of drug-likeness (QED) is 0.783. The van der Waals surface area contributed by atoms with Crippen molar-refractivity contribution in [3.63, 3.8) is 0 Å². The maximum absolute atomic E-state index is 10.3. The molecule has 1 aliphatic heterocycles. The predicted octanol–water partition coefficient (Wildman–Crippen LogP) is 2.37. The topological polar surface area (TPSA) is 23.5 Å². The molecule has 2 atom stereocenters. The lowest BCUT2D eigenvalue weighted by atomic mass is 10.0. The highest BCUT2D eigenvalue weighted by Crippen LogP contribution is 2.28. The molecule has 0 aromatic heterocycles. The summed E-state index contributed by atoms with van der Waals surface area (Å²) >= 11 is 0. The highest BCUT2D eigenvalue weighted by Gasteiger charge is 2.30. The minimum atomic E-state index is -0.372. The van der Waals surface area contributed by atoms with Crippen LogP contribution in [0, 0.1) is 0 Å². The lowest BCUT2D eigenvalue weighted by Gasteiger charge is -2.27. The van der Waals surface area contributed by atoms with Gasteiger partial charge < -0.3 is 5.11 Å². The van der Waals surface area contributed by atoms with Crippen LogP contribution in [0.3, 0.4) is 0 Å². The highest BCUT2D eigenvalue weighted by atomic mass is 16.3. The number of aliphatic hydroxyl groups is 1. The second kappa shape index (κ2) is 5.28. The van der Waals surface area contributed by atoms with Gasteiger partial charge in [0.05, 0.1) is 6.10 Å². The zero-order valence-corrected chi connectivity index (χ0v) is 9.55. The van der Waals surface area contributed by atoms with E-state index in [1.807, 2.05) is 36.4 Å². The normalized spacial score (nSPS) is 23.2. The average molecular weight is 217 g/mol. The lowest BCUT2D eigenvalue weighted by Crippen LogP contribution is -2.34. The first-order chi connectivity index (χ1) is 7.83. The summed E-state index contributed by atoms with van der Waals surface area (Å²) in [6.45, 7) is 5.71. The highest BCUT2D eigenvalue weighted by molar-refractivity contribution is 5.19. The Labute approximate surface area is 97.2 Å². The standard InChI is InChI=1S/C14H19NO/c1-2-10-15-11-6-9-13(15)14(16)12-7-4-3-5-8-12/h2-5,7-8,13-14,16H,1,6,9-11H2/t13-,14-/m1/s1. The Balaban J connectivity index is 2.09. The fourth-order valence-electron chi connectivity index (χ4n) is 2.47. The van der Waals surface area contributed by atoms with Gasteiger partial charge in [-0.2, -0.15) is 0 Å². The van der Waals surface area contributed by atoms with E-state index in [9.17, 15) is 5.11 Å². The van der Waals surface area contributed by atoms with Crippen molar-refractivity contribution in [2.24, 2.45) is 0 Å². The van der Waals surface area contributed by atoms with Crippen molar-refractivity contribution in [1.29, 1.82) is 0 Å². The number of benzene rings is 1. The van der Waals surface area contributed by atoms with Gasteiger partial charge in [-0.3, -0.25) is 4.90 Å². The number of hydrogen-bond acceptors (Lipinski definition) is 2. The van der Waals surface area contributed by atoms with Crippen molar-refractivity contribution < 1.29 is 5.11 Å². The van der Waals surface area contributed by atoms with Crippen molar-refractivity contribution >= 4 is 0 Å².